The third-order valence-corrected chi connectivity index (χ3v) is 2.92. The minimum Gasteiger partial charge on any atom is -0.497 e. The van der Waals surface area contributed by atoms with Crippen LogP contribution in [0.2, 0.25) is 0 Å². The standard InChI is InChI=1S/C13H20N2O2.ClH/c1-9(14)13(16)15(3)10(2)11-5-7-12(17-4)8-6-11;/h5-10H,14H2,1-4H3;1H/t9-,10?;/m0./s1. The van der Waals surface area contributed by atoms with Crippen molar-refractivity contribution in [3.63, 3.8) is 0 Å². The van der Waals surface area contributed by atoms with E-state index in [1.54, 1.807) is 26.0 Å². The number of methoxy groups -OCH3 is 1. The van der Waals surface area contributed by atoms with Gasteiger partial charge in [-0.1, -0.05) is 12.1 Å². The van der Waals surface area contributed by atoms with E-state index in [1.807, 2.05) is 31.2 Å². The summed E-state index contributed by atoms with van der Waals surface area (Å²) in [5.41, 5.74) is 6.64. The molecule has 5 heteroatoms. The summed E-state index contributed by atoms with van der Waals surface area (Å²) in [7, 11) is 3.39. The van der Waals surface area contributed by atoms with Gasteiger partial charge in [0.1, 0.15) is 5.75 Å². The molecular formula is C13H21ClN2O2. The maximum atomic E-state index is 11.8. The molecule has 0 bridgehead atoms. The molecule has 4 nitrogen and oxygen atoms in total. The summed E-state index contributed by atoms with van der Waals surface area (Å²) < 4.78 is 5.09. The summed E-state index contributed by atoms with van der Waals surface area (Å²) >= 11 is 0. The maximum absolute atomic E-state index is 11.8. The molecule has 0 aliphatic carbocycles. The van der Waals surface area contributed by atoms with Crippen LogP contribution in [-0.4, -0.2) is 31.0 Å². The Kier molecular flexibility index (Phi) is 6.73. The molecule has 102 valence electrons. The van der Waals surface area contributed by atoms with Gasteiger partial charge in [-0.25, -0.2) is 0 Å². The van der Waals surface area contributed by atoms with Crippen LogP contribution >= 0.6 is 12.4 Å². The van der Waals surface area contributed by atoms with E-state index in [1.165, 1.54) is 0 Å². The number of ether oxygens (including phenoxy) is 1. The number of halogens is 1. The first-order valence-electron chi connectivity index (χ1n) is 5.63. The highest BCUT2D eigenvalue weighted by atomic mass is 35.5. The molecule has 1 rings (SSSR count). The van der Waals surface area contributed by atoms with Crippen LogP contribution < -0.4 is 10.5 Å². The summed E-state index contributed by atoms with van der Waals surface area (Å²) in [6.45, 7) is 3.67. The Labute approximate surface area is 115 Å². The van der Waals surface area contributed by atoms with E-state index in [9.17, 15) is 4.79 Å². The fourth-order valence-electron chi connectivity index (χ4n) is 1.62. The molecule has 1 amide bonds. The molecule has 0 fully saturated rings. The van der Waals surface area contributed by atoms with Crippen LogP contribution in [0.3, 0.4) is 0 Å². The topological polar surface area (TPSA) is 55.6 Å². The first-order chi connectivity index (χ1) is 7.97. The highest BCUT2D eigenvalue weighted by molar-refractivity contribution is 5.85. The van der Waals surface area contributed by atoms with Crippen molar-refractivity contribution in [1.29, 1.82) is 0 Å². The maximum Gasteiger partial charge on any atom is 0.239 e. The molecule has 0 spiro atoms. The van der Waals surface area contributed by atoms with Crippen LogP contribution in [0.25, 0.3) is 0 Å². The highest BCUT2D eigenvalue weighted by Crippen LogP contribution is 2.21. The van der Waals surface area contributed by atoms with Gasteiger partial charge < -0.3 is 15.4 Å². The van der Waals surface area contributed by atoms with E-state index < -0.39 is 6.04 Å². The SMILES string of the molecule is COc1ccc(C(C)N(C)C(=O)[C@H](C)N)cc1.Cl. The number of nitrogens with zero attached hydrogens (tertiary/aromatic N) is 1. The molecule has 0 aromatic heterocycles. The van der Waals surface area contributed by atoms with Gasteiger partial charge in [0.2, 0.25) is 5.91 Å². The minimum atomic E-state index is -0.472. The number of amides is 1. The van der Waals surface area contributed by atoms with Gasteiger partial charge in [0, 0.05) is 7.05 Å². The highest BCUT2D eigenvalue weighted by Gasteiger charge is 2.19. The molecule has 1 unspecified atom stereocenters. The Bertz CT molecular complexity index is 379. The van der Waals surface area contributed by atoms with E-state index >= 15 is 0 Å². The molecular weight excluding hydrogens is 252 g/mol. The second-order valence-corrected chi connectivity index (χ2v) is 4.19. The van der Waals surface area contributed by atoms with Crippen LogP contribution in [0, 0.1) is 0 Å². The molecule has 2 N–H and O–H groups in total. The lowest BCUT2D eigenvalue weighted by atomic mass is 10.1. The second kappa shape index (κ2) is 7.24. The van der Waals surface area contributed by atoms with Gasteiger partial charge in [-0.05, 0) is 31.5 Å². The smallest absolute Gasteiger partial charge is 0.239 e. The van der Waals surface area contributed by atoms with Gasteiger partial charge in [0.05, 0.1) is 19.2 Å². The number of nitrogens with two attached hydrogens (primary N) is 1. The van der Waals surface area contributed by atoms with Crippen molar-refractivity contribution >= 4 is 18.3 Å². The molecule has 1 aromatic carbocycles. The zero-order valence-electron chi connectivity index (χ0n) is 11.2. The first kappa shape index (κ1) is 16.7. The van der Waals surface area contributed by atoms with Crippen molar-refractivity contribution in [3.8, 4) is 5.75 Å². The van der Waals surface area contributed by atoms with Crippen LogP contribution in [-0.2, 0) is 4.79 Å². The predicted molar refractivity (Wildman–Crippen MR) is 75.1 cm³/mol. The third kappa shape index (κ3) is 3.89. The van der Waals surface area contributed by atoms with Crippen molar-refractivity contribution in [1.82, 2.24) is 4.90 Å². The molecule has 0 saturated heterocycles. The average molecular weight is 273 g/mol. The van der Waals surface area contributed by atoms with E-state index in [0.717, 1.165) is 11.3 Å². The van der Waals surface area contributed by atoms with E-state index in [4.69, 9.17) is 10.5 Å². The monoisotopic (exact) mass is 272 g/mol. The van der Waals surface area contributed by atoms with Gasteiger partial charge in [-0.15, -0.1) is 12.4 Å². The summed E-state index contributed by atoms with van der Waals surface area (Å²) in [6.07, 6.45) is 0. The van der Waals surface area contributed by atoms with Crippen LogP contribution in [0.4, 0.5) is 0 Å². The summed E-state index contributed by atoms with van der Waals surface area (Å²) in [5, 5.41) is 0. The number of likely N-dealkylation sites (N-methyl/N-ethyl adjacent to an activating group) is 1. The summed E-state index contributed by atoms with van der Waals surface area (Å²) in [5.74, 6) is 0.746. The Morgan fingerprint density at radius 1 is 1.28 bits per heavy atom. The predicted octanol–water partition coefficient (Wildman–Crippen LogP) is 1.98. The Morgan fingerprint density at radius 3 is 2.17 bits per heavy atom. The Morgan fingerprint density at radius 2 is 1.78 bits per heavy atom. The fourth-order valence-corrected chi connectivity index (χ4v) is 1.62. The van der Waals surface area contributed by atoms with Crippen molar-refractivity contribution in [2.24, 2.45) is 5.73 Å². The van der Waals surface area contributed by atoms with Crippen molar-refractivity contribution < 1.29 is 9.53 Å². The molecule has 18 heavy (non-hydrogen) atoms. The van der Waals surface area contributed by atoms with Gasteiger partial charge >= 0.3 is 0 Å². The van der Waals surface area contributed by atoms with Gasteiger partial charge in [0.25, 0.3) is 0 Å². The second-order valence-electron chi connectivity index (χ2n) is 4.19. The van der Waals surface area contributed by atoms with Crippen LogP contribution in [0.1, 0.15) is 25.5 Å². The van der Waals surface area contributed by atoms with Crippen molar-refractivity contribution in [2.75, 3.05) is 14.2 Å². The largest absolute Gasteiger partial charge is 0.497 e. The quantitative estimate of drug-likeness (QED) is 0.912. The zero-order chi connectivity index (χ0) is 13.0. The van der Waals surface area contributed by atoms with E-state index in [0.29, 0.717) is 0 Å². The number of hydrogen-bond donors (Lipinski definition) is 1. The molecule has 0 heterocycles. The minimum absolute atomic E-state index is 0. The Hall–Kier alpha value is -1.26. The summed E-state index contributed by atoms with van der Waals surface area (Å²) in [4.78, 5) is 13.4. The lowest BCUT2D eigenvalue weighted by Crippen LogP contribution is -2.40. The zero-order valence-corrected chi connectivity index (χ0v) is 12.0. The van der Waals surface area contributed by atoms with Gasteiger partial charge in [-0.2, -0.15) is 0 Å². The molecule has 0 aliphatic heterocycles. The van der Waals surface area contributed by atoms with Crippen LogP contribution in [0.5, 0.6) is 5.75 Å². The molecule has 0 radical (unpaired) electrons. The lowest BCUT2D eigenvalue weighted by Gasteiger charge is -2.27. The fraction of sp³-hybridized carbons (Fsp3) is 0.462. The van der Waals surface area contributed by atoms with Gasteiger partial charge in [-0.3, -0.25) is 4.79 Å². The third-order valence-electron chi connectivity index (χ3n) is 2.92. The summed E-state index contributed by atoms with van der Waals surface area (Å²) in [6, 6.07) is 7.20. The van der Waals surface area contributed by atoms with E-state index in [-0.39, 0.29) is 24.4 Å². The average Bonchev–Trinajstić information content (AvgIpc) is 2.36. The molecule has 1 aromatic rings. The number of carbonyl (C=O) groups is 1. The number of hydrogen-bond acceptors (Lipinski definition) is 3. The van der Waals surface area contributed by atoms with Gasteiger partial charge in [0.15, 0.2) is 0 Å². The number of benzene rings is 1. The normalized spacial score (nSPS) is 13.2. The Balaban J connectivity index is 0.00000289. The van der Waals surface area contributed by atoms with E-state index in [2.05, 4.69) is 0 Å². The van der Waals surface area contributed by atoms with Crippen LogP contribution in [0.15, 0.2) is 24.3 Å². The molecule has 0 saturated carbocycles. The number of carbonyl (C=O) groups excluding carboxylic acids is 1. The van der Waals surface area contributed by atoms with Crippen molar-refractivity contribution in [2.45, 2.75) is 25.9 Å². The molecule has 0 aliphatic rings. The number of rotatable bonds is 4. The van der Waals surface area contributed by atoms with Crippen molar-refractivity contribution in [3.05, 3.63) is 29.8 Å². The molecule has 2 atom stereocenters. The lowest BCUT2D eigenvalue weighted by molar-refractivity contribution is -0.132. The first-order valence-corrected chi connectivity index (χ1v) is 5.63.